The maximum absolute atomic E-state index is 12.1. The lowest BCUT2D eigenvalue weighted by Gasteiger charge is -2.33. The lowest BCUT2D eigenvalue weighted by molar-refractivity contribution is -0.141. The maximum Gasteiger partial charge on any atom is 0.240 e. The summed E-state index contributed by atoms with van der Waals surface area (Å²) in [6.45, 7) is 2.57. The van der Waals surface area contributed by atoms with E-state index in [1.165, 1.54) is 4.90 Å². The van der Waals surface area contributed by atoms with Crippen molar-refractivity contribution in [2.75, 3.05) is 53.6 Å². The van der Waals surface area contributed by atoms with Crippen LogP contribution in [0.25, 0.3) is 0 Å². The first-order chi connectivity index (χ1) is 9.10. The number of nitrogens with zero attached hydrogens (tertiary/aromatic N) is 2. The average Bonchev–Trinajstić information content (AvgIpc) is 2.40. The number of amides is 2. The smallest absolute Gasteiger partial charge is 0.240 e. The second kappa shape index (κ2) is 9.93. The first-order valence-corrected chi connectivity index (χ1v) is 6.46. The lowest BCUT2D eigenvalue weighted by atomic mass is 10.1. The Morgan fingerprint density at radius 1 is 1.60 bits per heavy atom. The van der Waals surface area contributed by atoms with Crippen molar-refractivity contribution < 1.29 is 19.4 Å². The van der Waals surface area contributed by atoms with Gasteiger partial charge in [0, 0.05) is 40.3 Å². The molecule has 1 unspecified atom stereocenters. The van der Waals surface area contributed by atoms with Crippen LogP contribution in [0.4, 0.5) is 0 Å². The Morgan fingerprint density at radius 2 is 2.30 bits per heavy atom. The molecular weight excluding hydrogens is 286 g/mol. The molecular formula is C12H24ClN3O4. The minimum Gasteiger partial charge on any atom is -0.395 e. The number of rotatable bonds is 7. The zero-order valence-electron chi connectivity index (χ0n) is 12.0. The molecule has 1 aliphatic rings. The molecule has 1 aliphatic heterocycles. The van der Waals surface area contributed by atoms with Crippen molar-refractivity contribution in [1.82, 2.24) is 15.1 Å². The van der Waals surface area contributed by atoms with Crippen molar-refractivity contribution in [3.8, 4) is 0 Å². The first-order valence-electron chi connectivity index (χ1n) is 6.46. The second-order valence-corrected chi connectivity index (χ2v) is 4.57. The Labute approximate surface area is 125 Å². The summed E-state index contributed by atoms with van der Waals surface area (Å²) < 4.78 is 4.96. The third-order valence-electron chi connectivity index (χ3n) is 3.19. The topological polar surface area (TPSA) is 82.1 Å². The monoisotopic (exact) mass is 309 g/mol. The normalized spacial score (nSPS) is 18.6. The van der Waals surface area contributed by atoms with Crippen molar-refractivity contribution in [3.05, 3.63) is 0 Å². The third kappa shape index (κ3) is 5.62. The van der Waals surface area contributed by atoms with Crippen molar-refractivity contribution in [1.29, 1.82) is 0 Å². The molecule has 1 fully saturated rings. The molecule has 0 bridgehead atoms. The minimum atomic E-state index is -0.473. The van der Waals surface area contributed by atoms with Gasteiger partial charge in [0.05, 0.1) is 25.7 Å². The van der Waals surface area contributed by atoms with Crippen LogP contribution in [0.1, 0.15) is 6.42 Å². The largest absolute Gasteiger partial charge is 0.395 e. The molecule has 0 aliphatic carbocycles. The van der Waals surface area contributed by atoms with E-state index < -0.39 is 6.04 Å². The zero-order chi connectivity index (χ0) is 14.3. The van der Waals surface area contributed by atoms with E-state index in [0.29, 0.717) is 26.2 Å². The lowest BCUT2D eigenvalue weighted by Crippen LogP contribution is -2.56. The molecule has 0 aromatic rings. The molecule has 8 heteroatoms. The van der Waals surface area contributed by atoms with E-state index in [1.54, 1.807) is 19.1 Å². The number of hydrogen-bond acceptors (Lipinski definition) is 5. The highest BCUT2D eigenvalue weighted by molar-refractivity contribution is 5.88. The molecule has 0 radical (unpaired) electrons. The summed E-state index contributed by atoms with van der Waals surface area (Å²) in [5.74, 6) is -0.206. The van der Waals surface area contributed by atoms with Crippen LogP contribution < -0.4 is 5.32 Å². The number of likely N-dealkylation sites (N-methyl/N-ethyl adjacent to an activating group) is 1. The number of methoxy groups -OCH3 is 1. The predicted octanol–water partition coefficient (Wildman–Crippen LogP) is -1.30. The first kappa shape index (κ1) is 19.1. The summed E-state index contributed by atoms with van der Waals surface area (Å²) >= 11 is 0. The SMILES string of the molecule is COCCN1CCNC(CC(=O)N(C)CCO)C1=O.Cl. The number of aliphatic hydroxyl groups is 1. The van der Waals surface area contributed by atoms with Gasteiger partial charge in [0.15, 0.2) is 0 Å². The van der Waals surface area contributed by atoms with E-state index >= 15 is 0 Å². The summed E-state index contributed by atoms with van der Waals surface area (Å²) in [5.41, 5.74) is 0. The van der Waals surface area contributed by atoms with Gasteiger partial charge in [0.25, 0.3) is 0 Å². The van der Waals surface area contributed by atoms with Gasteiger partial charge in [-0.15, -0.1) is 12.4 Å². The Kier molecular flexibility index (Phi) is 9.49. The molecule has 118 valence electrons. The second-order valence-electron chi connectivity index (χ2n) is 4.57. The van der Waals surface area contributed by atoms with Gasteiger partial charge < -0.3 is 25.0 Å². The fourth-order valence-electron chi connectivity index (χ4n) is 1.98. The van der Waals surface area contributed by atoms with Crippen LogP contribution in [0.2, 0.25) is 0 Å². The fourth-order valence-corrected chi connectivity index (χ4v) is 1.98. The van der Waals surface area contributed by atoms with Gasteiger partial charge in [-0.2, -0.15) is 0 Å². The molecule has 7 nitrogen and oxygen atoms in total. The van der Waals surface area contributed by atoms with E-state index in [-0.39, 0.29) is 43.8 Å². The molecule has 0 saturated carbocycles. The number of halogens is 1. The van der Waals surface area contributed by atoms with E-state index in [4.69, 9.17) is 9.84 Å². The Hall–Kier alpha value is -0.890. The summed E-state index contributed by atoms with van der Waals surface area (Å²) in [6.07, 6.45) is 0.124. The summed E-state index contributed by atoms with van der Waals surface area (Å²) in [6, 6.07) is -0.473. The number of hydrogen-bond donors (Lipinski definition) is 2. The van der Waals surface area contributed by atoms with E-state index in [1.807, 2.05) is 0 Å². The molecule has 0 aromatic heterocycles. The number of aliphatic hydroxyl groups excluding tert-OH is 1. The van der Waals surface area contributed by atoms with Crippen molar-refractivity contribution >= 4 is 24.2 Å². The highest BCUT2D eigenvalue weighted by atomic mass is 35.5. The number of ether oxygens (including phenoxy) is 1. The fraction of sp³-hybridized carbons (Fsp3) is 0.833. The minimum absolute atomic E-state index is 0. The van der Waals surface area contributed by atoms with Crippen LogP contribution in [0.3, 0.4) is 0 Å². The van der Waals surface area contributed by atoms with Gasteiger partial charge in [-0.1, -0.05) is 0 Å². The number of piperazine rings is 1. The Balaban J connectivity index is 0.00000361. The standard InChI is InChI=1S/C12H23N3O4.ClH/c1-14(5-7-16)11(17)9-10-12(18)15(4-3-13-10)6-8-19-2;/h10,13,16H,3-9H2,1-2H3;1H. The van der Waals surface area contributed by atoms with Crippen LogP contribution in [-0.4, -0.2) is 86.3 Å². The molecule has 2 N–H and O–H groups in total. The zero-order valence-corrected chi connectivity index (χ0v) is 12.8. The molecule has 20 heavy (non-hydrogen) atoms. The Morgan fingerprint density at radius 3 is 2.90 bits per heavy atom. The molecule has 1 rings (SSSR count). The Bertz CT molecular complexity index is 317. The van der Waals surface area contributed by atoms with E-state index in [2.05, 4.69) is 5.32 Å². The van der Waals surface area contributed by atoms with Crippen LogP contribution in [0.15, 0.2) is 0 Å². The summed E-state index contributed by atoms with van der Waals surface area (Å²) in [7, 11) is 3.21. The van der Waals surface area contributed by atoms with Gasteiger partial charge in [0.1, 0.15) is 0 Å². The molecule has 0 spiro atoms. The number of carbonyl (C=O) groups excluding carboxylic acids is 2. The summed E-state index contributed by atoms with van der Waals surface area (Å²) in [4.78, 5) is 27.1. The number of nitrogens with one attached hydrogen (secondary N) is 1. The van der Waals surface area contributed by atoms with Crippen LogP contribution >= 0.6 is 12.4 Å². The van der Waals surface area contributed by atoms with Crippen molar-refractivity contribution in [2.45, 2.75) is 12.5 Å². The van der Waals surface area contributed by atoms with Crippen LogP contribution in [0.5, 0.6) is 0 Å². The van der Waals surface area contributed by atoms with E-state index in [9.17, 15) is 9.59 Å². The highest BCUT2D eigenvalue weighted by Gasteiger charge is 2.30. The van der Waals surface area contributed by atoms with Crippen LogP contribution in [0, 0.1) is 0 Å². The molecule has 2 amide bonds. The average molecular weight is 310 g/mol. The van der Waals surface area contributed by atoms with Gasteiger partial charge >= 0.3 is 0 Å². The number of carbonyl (C=O) groups is 2. The molecule has 1 heterocycles. The quantitative estimate of drug-likeness (QED) is 0.611. The summed E-state index contributed by atoms with van der Waals surface area (Å²) in [5, 5.41) is 11.8. The third-order valence-corrected chi connectivity index (χ3v) is 3.19. The van der Waals surface area contributed by atoms with Gasteiger partial charge in [-0.25, -0.2) is 0 Å². The van der Waals surface area contributed by atoms with Gasteiger partial charge in [-0.3, -0.25) is 9.59 Å². The van der Waals surface area contributed by atoms with Gasteiger partial charge in [-0.05, 0) is 0 Å². The maximum atomic E-state index is 12.1. The molecule has 1 atom stereocenters. The van der Waals surface area contributed by atoms with Crippen molar-refractivity contribution in [2.24, 2.45) is 0 Å². The van der Waals surface area contributed by atoms with Gasteiger partial charge in [0.2, 0.25) is 11.8 Å². The van der Waals surface area contributed by atoms with Crippen molar-refractivity contribution in [3.63, 3.8) is 0 Å². The highest BCUT2D eigenvalue weighted by Crippen LogP contribution is 2.06. The molecule has 1 saturated heterocycles. The molecule has 0 aromatic carbocycles. The predicted molar refractivity (Wildman–Crippen MR) is 76.8 cm³/mol. The van der Waals surface area contributed by atoms with E-state index in [0.717, 1.165) is 0 Å². The van der Waals surface area contributed by atoms with Crippen LogP contribution in [-0.2, 0) is 14.3 Å².